The minimum atomic E-state index is -2.43. The monoisotopic (exact) mass is 486 g/mol. The molecule has 2 N–H and O–H groups in total. The van der Waals surface area contributed by atoms with Crippen molar-refractivity contribution < 1.29 is 28.8 Å². The third kappa shape index (κ3) is 4.97. The van der Waals surface area contributed by atoms with Gasteiger partial charge in [-0.15, -0.1) is 0 Å². The molecule has 2 aromatic rings. The average Bonchev–Trinajstić information content (AvgIpc) is 2.95. The van der Waals surface area contributed by atoms with Gasteiger partial charge in [0.05, 0.1) is 34.5 Å². The number of methoxy groups -OCH3 is 4. The lowest BCUT2D eigenvalue weighted by Crippen LogP contribution is -2.40. The normalized spacial score (nSPS) is 16.3. The lowest BCUT2D eigenvalue weighted by Gasteiger charge is -2.35. The zero-order valence-corrected chi connectivity index (χ0v) is 22.6. The van der Waals surface area contributed by atoms with E-state index in [9.17, 15) is 9.90 Å². The fourth-order valence-electron chi connectivity index (χ4n) is 4.39. The first-order valence-electron chi connectivity index (χ1n) is 11.6. The van der Waals surface area contributed by atoms with Crippen LogP contribution in [0.25, 0.3) is 5.57 Å². The number of benzene rings is 2. The largest absolute Gasteiger partial charge is 0.496 e. The molecule has 1 aliphatic carbocycles. The van der Waals surface area contributed by atoms with Gasteiger partial charge < -0.3 is 28.8 Å². The van der Waals surface area contributed by atoms with Gasteiger partial charge in [0, 0.05) is 5.56 Å². The van der Waals surface area contributed by atoms with Gasteiger partial charge in [0.2, 0.25) is 5.75 Å². The topological polar surface area (TPSA) is 77.4 Å². The highest BCUT2D eigenvalue weighted by Crippen LogP contribution is 2.47. The van der Waals surface area contributed by atoms with Crippen molar-refractivity contribution in [3.63, 3.8) is 0 Å². The maximum Gasteiger partial charge on any atom is 0.203 e. The Morgan fingerprint density at radius 1 is 0.941 bits per heavy atom. The Kier molecular flexibility index (Phi) is 7.70. The molecule has 0 aliphatic heterocycles. The van der Waals surface area contributed by atoms with E-state index in [-0.39, 0.29) is 5.04 Å². The molecule has 2 aromatic carbocycles. The van der Waals surface area contributed by atoms with Crippen LogP contribution < -0.4 is 18.9 Å². The molecule has 0 radical (unpaired) electrons. The van der Waals surface area contributed by atoms with Crippen LogP contribution in [-0.2, 0) is 12.8 Å². The van der Waals surface area contributed by atoms with E-state index in [1.807, 2.05) is 37.4 Å². The van der Waals surface area contributed by atoms with Crippen LogP contribution >= 0.6 is 0 Å². The van der Waals surface area contributed by atoms with Crippen LogP contribution in [0, 0.1) is 0 Å². The molecule has 34 heavy (non-hydrogen) atoms. The van der Waals surface area contributed by atoms with Gasteiger partial charge in [0.15, 0.2) is 19.8 Å². The van der Waals surface area contributed by atoms with Gasteiger partial charge in [-0.1, -0.05) is 19.9 Å². The molecule has 0 saturated carbocycles. The van der Waals surface area contributed by atoms with Crippen molar-refractivity contribution in [3.05, 3.63) is 52.6 Å². The third-order valence-corrected chi connectivity index (χ3v) is 10.6. The Hall–Kier alpha value is -2.48. The molecule has 0 bridgehead atoms. The molecule has 0 fully saturated rings. The molecular formula is C27H38O6Si. The third-order valence-electron chi connectivity index (χ3n) is 7.15. The fourth-order valence-corrected chi connectivity index (χ4v) is 5.01. The average molecular weight is 487 g/mol. The number of fused-ring (bicyclic) bond motifs is 1. The van der Waals surface area contributed by atoms with Crippen molar-refractivity contribution >= 4 is 13.9 Å². The molecule has 1 aliphatic rings. The van der Waals surface area contributed by atoms with Crippen LogP contribution in [0.1, 0.15) is 42.5 Å². The lowest BCUT2D eigenvalue weighted by atomic mass is 9.90. The van der Waals surface area contributed by atoms with E-state index in [1.165, 1.54) is 0 Å². The summed E-state index contributed by atoms with van der Waals surface area (Å²) in [6, 6.07) is 8.03. The molecular weight excluding hydrogens is 448 g/mol. The number of hydrogen-bond donors (Lipinski definition) is 2. The summed E-state index contributed by atoms with van der Waals surface area (Å²) in [5.41, 5.74) is 4.80. The van der Waals surface area contributed by atoms with Gasteiger partial charge in [0.1, 0.15) is 5.75 Å². The summed E-state index contributed by atoms with van der Waals surface area (Å²) in [5, 5.41) is 10.5. The summed E-state index contributed by atoms with van der Waals surface area (Å²) in [5.74, 6) is 2.53. The van der Waals surface area contributed by atoms with E-state index in [0.717, 1.165) is 33.6 Å². The number of aliphatic hydroxyl groups is 1. The van der Waals surface area contributed by atoms with Gasteiger partial charge >= 0.3 is 0 Å². The molecule has 7 heteroatoms. The van der Waals surface area contributed by atoms with Crippen LogP contribution in [0.2, 0.25) is 18.1 Å². The number of hydrogen-bond acceptors (Lipinski definition) is 6. The zero-order valence-electron chi connectivity index (χ0n) is 21.6. The fraction of sp³-hybridized carbons (Fsp3) is 0.481. The highest BCUT2D eigenvalue weighted by molar-refractivity contribution is 6.72. The summed E-state index contributed by atoms with van der Waals surface area (Å²) in [7, 11) is 4.06. The smallest absolute Gasteiger partial charge is 0.203 e. The summed E-state index contributed by atoms with van der Waals surface area (Å²) >= 11 is 0. The quantitative estimate of drug-likeness (QED) is 0.513. The summed E-state index contributed by atoms with van der Waals surface area (Å²) < 4.78 is 22.7. The Bertz CT molecular complexity index is 1070. The van der Waals surface area contributed by atoms with Crippen LogP contribution in [-0.4, -0.2) is 52.8 Å². The van der Waals surface area contributed by atoms with E-state index < -0.39 is 14.4 Å². The van der Waals surface area contributed by atoms with Gasteiger partial charge in [-0.3, -0.25) is 0 Å². The van der Waals surface area contributed by atoms with E-state index >= 15 is 0 Å². The van der Waals surface area contributed by atoms with Crippen LogP contribution in [0.15, 0.2) is 30.3 Å². The van der Waals surface area contributed by atoms with Crippen LogP contribution in [0.4, 0.5) is 0 Å². The van der Waals surface area contributed by atoms with Crippen molar-refractivity contribution in [1.29, 1.82) is 0 Å². The standard InChI is InChI=1S/C27H38O6Si/c1-27(2,34(7,8)29)16-18-13-17(9-12-23(18)30-3)21-14-19(28)10-11-20-22(21)15-24(31-4)26(33-6)25(20)32-5/h9,12-15,19,28-29H,10-11,16H2,1-8H3. The molecule has 0 aromatic heterocycles. The van der Waals surface area contributed by atoms with Crippen molar-refractivity contribution in [1.82, 2.24) is 0 Å². The van der Waals surface area contributed by atoms with Crippen LogP contribution in [0.3, 0.4) is 0 Å². The van der Waals surface area contributed by atoms with E-state index in [4.69, 9.17) is 18.9 Å². The Morgan fingerprint density at radius 3 is 2.15 bits per heavy atom. The molecule has 1 unspecified atom stereocenters. The second-order valence-electron chi connectivity index (χ2n) is 10.0. The molecule has 0 heterocycles. The first-order valence-corrected chi connectivity index (χ1v) is 14.5. The highest BCUT2D eigenvalue weighted by Gasteiger charge is 2.38. The molecule has 0 amide bonds. The number of ether oxygens (including phenoxy) is 4. The SMILES string of the molecule is COc1ccc(C2=CC(O)CCc3c2cc(OC)c(OC)c3OC)cc1CC(C)(C)[Si](C)(C)O. The molecule has 6 nitrogen and oxygen atoms in total. The molecule has 0 saturated heterocycles. The van der Waals surface area contributed by atoms with E-state index in [2.05, 4.69) is 19.9 Å². The summed E-state index contributed by atoms with van der Waals surface area (Å²) in [4.78, 5) is 10.9. The Labute approximate surface area is 204 Å². The van der Waals surface area contributed by atoms with Gasteiger partial charge in [0.25, 0.3) is 0 Å². The van der Waals surface area contributed by atoms with Gasteiger partial charge in [-0.2, -0.15) is 0 Å². The zero-order chi connectivity index (χ0) is 25.3. The number of aliphatic hydroxyl groups excluding tert-OH is 1. The van der Waals surface area contributed by atoms with Crippen molar-refractivity contribution in [2.24, 2.45) is 0 Å². The predicted molar refractivity (Wildman–Crippen MR) is 138 cm³/mol. The van der Waals surface area contributed by atoms with E-state index in [1.54, 1.807) is 28.4 Å². The van der Waals surface area contributed by atoms with Crippen molar-refractivity contribution in [2.45, 2.75) is 57.3 Å². The van der Waals surface area contributed by atoms with Gasteiger partial charge in [-0.05, 0) is 83.9 Å². The van der Waals surface area contributed by atoms with Gasteiger partial charge in [-0.25, -0.2) is 0 Å². The first kappa shape index (κ1) is 26.1. The molecule has 0 spiro atoms. The minimum Gasteiger partial charge on any atom is -0.496 e. The second kappa shape index (κ2) is 10.0. The van der Waals surface area contributed by atoms with E-state index in [0.29, 0.717) is 36.5 Å². The Morgan fingerprint density at radius 2 is 1.59 bits per heavy atom. The predicted octanol–water partition coefficient (Wildman–Crippen LogP) is 4.98. The maximum atomic E-state index is 10.9. The summed E-state index contributed by atoms with van der Waals surface area (Å²) in [6.45, 7) is 8.15. The lowest BCUT2D eigenvalue weighted by molar-refractivity contribution is 0.214. The maximum absolute atomic E-state index is 10.9. The minimum absolute atomic E-state index is 0.256. The van der Waals surface area contributed by atoms with Crippen LogP contribution in [0.5, 0.6) is 23.0 Å². The first-order chi connectivity index (χ1) is 16.0. The number of rotatable bonds is 8. The highest BCUT2D eigenvalue weighted by atomic mass is 28.4. The van der Waals surface area contributed by atoms with Crippen molar-refractivity contribution in [2.75, 3.05) is 28.4 Å². The molecule has 1 atom stereocenters. The second-order valence-corrected chi connectivity index (χ2v) is 14.5. The molecule has 3 rings (SSSR count). The Balaban J connectivity index is 2.22. The molecule has 186 valence electrons. The summed E-state index contributed by atoms with van der Waals surface area (Å²) in [6.07, 6.45) is 3.19. The van der Waals surface area contributed by atoms with Crippen molar-refractivity contribution in [3.8, 4) is 23.0 Å².